The lowest BCUT2D eigenvalue weighted by atomic mass is 10.2. The van der Waals surface area contributed by atoms with Crippen LogP contribution in [-0.2, 0) is 4.79 Å². The Bertz CT molecular complexity index is 451. The summed E-state index contributed by atoms with van der Waals surface area (Å²) in [6, 6.07) is 3.49. The third-order valence-electron chi connectivity index (χ3n) is 2.96. The normalized spacial score (nSPS) is 15.3. The molecule has 1 fully saturated rings. The quantitative estimate of drug-likeness (QED) is 0.715. The predicted molar refractivity (Wildman–Crippen MR) is 66.9 cm³/mol. The van der Waals surface area contributed by atoms with E-state index < -0.39 is 0 Å². The Kier molecular flexibility index (Phi) is 3.72. The Balaban J connectivity index is 1.96. The Labute approximate surface area is 106 Å². The Morgan fingerprint density at radius 2 is 1.89 bits per heavy atom. The number of carbonyl (C=O) groups is 2. The first-order chi connectivity index (χ1) is 8.72. The third kappa shape index (κ3) is 2.56. The minimum atomic E-state index is -0.0801. The maximum Gasteiger partial charge on any atom is 0.255 e. The van der Waals surface area contributed by atoms with E-state index in [4.69, 9.17) is 0 Å². The average molecular weight is 245 g/mol. The number of piperazine rings is 1. The van der Waals surface area contributed by atoms with E-state index in [1.54, 1.807) is 34.3 Å². The first-order valence-electron chi connectivity index (χ1n) is 5.83. The molecule has 0 aliphatic carbocycles. The number of aromatic nitrogens is 1. The van der Waals surface area contributed by atoms with Gasteiger partial charge >= 0.3 is 0 Å². The summed E-state index contributed by atoms with van der Waals surface area (Å²) in [6.45, 7) is 5.66. The lowest BCUT2D eigenvalue weighted by molar-refractivity contribution is -0.127. The molecule has 1 aromatic rings. The highest BCUT2D eigenvalue weighted by molar-refractivity contribution is 5.94. The second kappa shape index (κ2) is 5.44. The van der Waals surface area contributed by atoms with Gasteiger partial charge in [-0.25, -0.2) is 0 Å². The van der Waals surface area contributed by atoms with Crippen molar-refractivity contribution in [1.29, 1.82) is 0 Å². The molecule has 0 radical (unpaired) electrons. The molecule has 1 aliphatic heterocycles. The van der Waals surface area contributed by atoms with E-state index in [9.17, 15) is 9.59 Å². The fourth-order valence-corrected chi connectivity index (χ4v) is 1.93. The third-order valence-corrected chi connectivity index (χ3v) is 2.96. The summed E-state index contributed by atoms with van der Waals surface area (Å²) in [5, 5.41) is 0. The van der Waals surface area contributed by atoms with Gasteiger partial charge in [0.05, 0.1) is 5.56 Å². The molecule has 0 unspecified atom stereocenters. The maximum absolute atomic E-state index is 12.1. The summed E-state index contributed by atoms with van der Waals surface area (Å²) in [5.41, 5.74) is 0.584. The van der Waals surface area contributed by atoms with Crippen LogP contribution < -0.4 is 0 Å². The number of amides is 2. The molecule has 2 rings (SSSR count). The van der Waals surface area contributed by atoms with Crippen molar-refractivity contribution in [2.24, 2.45) is 0 Å². The van der Waals surface area contributed by atoms with Gasteiger partial charge in [0, 0.05) is 38.6 Å². The van der Waals surface area contributed by atoms with E-state index in [2.05, 4.69) is 11.6 Å². The molecule has 0 N–H and O–H groups in total. The lowest BCUT2D eigenvalue weighted by Gasteiger charge is -2.34. The van der Waals surface area contributed by atoms with Crippen molar-refractivity contribution in [2.45, 2.75) is 0 Å². The monoisotopic (exact) mass is 245 g/mol. The second-order valence-electron chi connectivity index (χ2n) is 4.06. The second-order valence-corrected chi connectivity index (χ2v) is 4.06. The van der Waals surface area contributed by atoms with Gasteiger partial charge in [0.2, 0.25) is 5.91 Å². The van der Waals surface area contributed by atoms with Gasteiger partial charge < -0.3 is 9.80 Å². The summed E-state index contributed by atoms with van der Waals surface area (Å²) >= 11 is 0. The van der Waals surface area contributed by atoms with E-state index >= 15 is 0 Å². The van der Waals surface area contributed by atoms with Crippen molar-refractivity contribution < 1.29 is 9.59 Å². The zero-order valence-corrected chi connectivity index (χ0v) is 10.1. The zero-order chi connectivity index (χ0) is 13.0. The fourth-order valence-electron chi connectivity index (χ4n) is 1.93. The standard InChI is InChI=1S/C13H15N3O2/c1-2-12(17)15-6-8-16(9-7-15)13(18)11-4-3-5-14-10-11/h2-5,10H,1,6-9H2. The first kappa shape index (κ1) is 12.3. The fraction of sp³-hybridized carbons (Fsp3) is 0.308. The molecule has 1 aliphatic rings. The van der Waals surface area contributed by atoms with Crippen LogP contribution in [0.25, 0.3) is 0 Å². The Hall–Kier alpha value is -2.17. The first-order valence-corrected chi connectivity index (χ1v) is 5.83. The van der Waals surface area contributed by atoms with Crippen molar-refractivity contribution in [2.75, 3.05) is 26.2 Å². The number of pyridine rings is 1. The van der Waals surface area contributed by atoms with E-state index in [1.807, 2.05) is 0 Å². The molecule has 1 saturated heterocycles. The minimum Gasteiger partial charge on any atom is -0.336 e. The van der Waals surface area contributed by atoms with Crippen LogP contribution in [0.3, 0.4) is 0 Å². The summed E-state index contributed by atoms with van der Waals surface area (Å²) in [5.74, 6) is -0.114. The van der Waals surface area contributed by atoms with Gasteiger partial charge in [-0.3, -0.25) is 14.6 Å². The van der Waals surface area contributed by atoms with Gasteiger partial charge in [-0.05, 0) is 18.2 Å². The van der Waals surface area contributed by atoms with Crippen LogP contribution in [0.4, 0.5) is 0 Å². The van der Waals surface area contributed by atoms with Crippen LogP contribution in [0.2, 0.25) is 0 Å². The van der Waals surface area contributed by atoms with E-state index in [0.717, 1.165) is 0 Å². The highest BCUT2D eigenvalue weighted by Gasteiger charge is 2.23. The number of hydrogen-bond acceptors (Lipinski definition) is 3. The van der Waals surface area contributed by atoms with E-state index in [0.29, 0.717) is 31.7 Å². The molecule has 0 bridgehead atoms. The summed E-state index contributed by atoms with van der Waals surface area (Å²) in [6.07, 6.45) is 4.50. The topological polar surface area (TPSA) is 53.5 Å². The molecule has 1 aromatic heterocycles. The van der Waals surface area contributed by atoms with Gasteiger partial charge in [0.1, 0.15) is 0 Å². The smallest absolute Gasteiger partial charge is 0.255 e. The molecule has 0 atom stereocenters. The maximum atomic E-state index is 12.1. The molecule has 5 nitrogen and oxygen atoms in total. The molecule has 94 valence electrons. The summed E-state index contributed by atoms with van der Waals surface area (Å²) < 4.78 is 0. The van der Waals surface area contributed by atoms with Crippen LogP contribution in [0, 0.1) is 0 Å². The number of hydrogen-bond donors (Lipinski definition) is 0. The number of rotatable bonds is 2. The van der Waals surface area contributed by atoms with E-state index in [1.165, 1.54) is 6.08 Å². The average Bonchev–Trinajstić information content (AvgIpc) is 2.47. The zero-order valence-electron chi connectivity index (χ0n) is 10.1. The lowest BCUT2D eigenvalue weighted by Crippen LogP contribution is -2.50. The van der Waals surface area contributed by atoms with Gasteiger partial charge in [0.25, 0.3) is 5.91 Å². The van der Waals surface area contributed by atoms with Gasteiger partial charge in [-0.2, -0.15) is 0 Å². The Morgan fingerprint density at radius 1 is 1.22 bits per heavy atom. The van der Waals surface area contributed by atoms with Crippen LogP contribution in [0.5, 0.6) is 0 Å². The molecule has 2 heterocycles. The van der Waals surface area contributed by atoms with Gasteiger partial charge in [0.15, 0.2) is 0 Å². The largest absolute Gasteiger partial charge is 0.336 e. The van der Waals surface area contributed by atoms with Gasteiger partial charge in [-0.1, -0.05) is 6.58 Å². The van der Waals surface area contributed by atoms with Crippen LogP contribution in [0.1, 0.15) is 10.4 Å². The SMILES string of the molecule is C=CC(=O)N1CCN(C(=O)c2cccnc2)CC1. The van der Waals surface area contributed by atoms with Crippen molar-refractivity contribution >= 4 is 11.8 Å². The molecule has 2 amide bonds. The van der Waals surface area contributed by atoms with Crippen LogP contribution in [-0.4, -0.2) is 52.8 Å². The molecule has 5 heteroatoms. The van der Waals surface area contributed by atoms with E-state index in [-0.39, 0.29) is 11.8 Å². The summed E-state index contributed by atoms with van der Waals surface area (Å²) in [4.78, 5) is 30.9. The highest BCUT2D eigenvalue weighted by atomic mass is 16.2. The van der Waals surface area contributed by atoms with Gasteiger partial charge in [-0.15, -0.1) is 0 Å². The Morgan fingerprint density at radius 3 is 2.44 bits per heavy atom. The van der Waals surface area contributed by atoms with Crippen LogP contribution >= 0.6 is 0 Å². The predicted octanol–water partition coefficient (Wildman–Crippen LogP) is 0.552. The van der Waals surface area contributed by atoms with Crippen LogP contribution in [0.15, 0.2) is 37.2 Å². The molecular formula is C13H15N3O2. The molecule has 0 spiro atoms. The molecule has 18 heavy (non-hydrogen) atoms. The van der Waals surface area contributed by atoms with Crippen molar-refractivity contribution in [3.8, 4) is 0 Å². The van der Waals surface area contributed by atoms with Crippen molar-refractivity contribution in [3.05, 3.63) is 42.7 Å². The highest BCUT2D eigenvalue weighted by Crippen LogP contribution is 2.08. The molecule has 0 aromatic carbocycles. The number of nitrogens with zero attached hydrogens (tertiary/aromatic N) is 3. The minimum absolute atomic E-state index is 0.0335. The number of carbonyl (C=O) groups excluding carboxylic acids is 2. The summed E-state index contributed by atoms with van der Waals surface area (Å²) in [7, 11) is 0. The molecular weight excluding hydrogens is 230 g/mol. The van der Waals surface area contributed by atoms with Crippen molar-refractivity contribution in [3.63, 3.8) is 0 Å². The molecule has 0 saturated carbocycles. The van der Waals surface area contributed by atoms with Crippen molar-refractivity contribution in [1.82, 2.24) is 14.8 Å².